The van der Waals surface area contributed by atoms with Crippen LogP contribution in [0, 0.1) is 0 Å². The summed E-state index contributed by atoms with van der Waals surface area (Å²) in [4.78, 5) is 11.9. The first kappa shape index (κ1) is 16.3. The van der Waals surface area contributed by atoms with Crippen LogP contribution in [0.3, 0.4) is 0 Å². The lowest BCUT2D eigenvalue weighted by molar-refractivity contribution is 0.105. The maximum atomic E-state index is 11.9. The molecule has 0 aliphatic carbocycles. The summed E-state index contributed by atoms with van der Waals surface area (Å²) in [6.07, 6.45) is 1.24. The van der Waals surface area contributed by atoms with Gasteiger partial charge in [0, 0.05) is 10.8 Å². The molecule has 0 fully saturated rings. The highest BCUT2D eigenvalue weighted by atomic mass is 16.7. The smallest absolute Gasteiger partial charge is 0.434 e. The van der Waals surface area contributed by atoms with Gasteiger partial charge in [0.1, 0.15) is 5.75 Å². The van der Waals surface area contributed by atoms with Crippen molar-refractivity contribution in [3.63, 3.8) is 0 Å². The van der Waals surface area contributed by atoms with Crippen LogP contribution in [0.1, 0.15) is 31.9 Å². The molecule has 0 saturated heterocycles. The molecule has 0 spiro atoms. The standard InChI is InChI=1S/C21H22O3/c1-4-14-8-10-18-17(11-14)13-16-9-7-15(5-2)12-19(16)20(18)24-21(22)23-6-3/h7-13H,4-6H2,1-3H3. The minimum Gasteiger partial charge on any atom is -0.434 e. The van der Waals surface area contributed by atoms with Crippen LogP contribution in [0.2, 0.25) is 0 Å². The summed E-state index contributed by atoms with van der Waals surface area (Å²) in [5, 5.41) is 4.01. The van der Waals surface area contributed by atoms with Crippen LogP contribution in [0.5, 0.6) is 5.75 Å². The minimum atomic E-state index is -0.659. The van der Waals surface area contributed by atoms with Gasteiger partial charge in [0.2, 0.25) is 0 Å². The number of hydrogen-bond donors (Lipinski definition) is 0. The molecule has 3 rings (SSSR count). The Labute approximate surface area is 142 Å². The van der Waals surface area contributed by atoms with E-state index in [1.807, 2.05) is 6.07 Å². The lowest BCUT2D eigenvalue weighted by Crippen LogP contribution is -2.10. The number of ether oxygens (including phenoxy) is 2. The van der Waals surface area contributed by atoms with E-state index in [-0.39, 0.29) is 0 Å². The summed E-state index contributed by atoms with van der Waals surface area (Å²) < 4.78 is 10.6. The van der Waals surface area contributed by atoms with Gasteiger partial charge in [-0.25, -0.2) is 4.79 Å². The first-order valence-corrected chi connectivity index (χ1v) is 8.49. The van der Waals surface area contributed by atoms with E-state index >= 15 is 0 Å². The average Bonchev–Trinajstić information content (AvgIpc) is 2.60. The molecular weight excluding hydrogens is 300 g/mol. The highest BCUT2D eigenvalue weighted by molar-refractivity contribution is 6.06. The fraction of sp³-hybridized carbons (Fsp3) is 0.286. The van der Waals surface area contributed by atoms with Crippen LogP contribution < -0.4 is 4.74 Å². The summed E-state index contributed by atoms with van der Waals surface area (Å²) in [6.45, 7) is 6.31. The Morgan fingerprint density at radius 3 is 2.25 bits per heavy atom. The van der Waals surface area contributed by atoms with Gasteiger partial charge in [-0.1, -0.05) is 44.2 Å². The van der Waals surface area contributed by atoms with Gasteiger partial charge in [-0.15, -0.1) is 0 Å². The number of rotatable bonds is 4. The molecular formula is C21H22O3. The summed E-state index contributed by atoms with van der Waals surface area (Å²) in [6, 6.07) is 14.7. The molecule has 0 aliphatic heterocycles. The van der Waals surface area contributed by atoms with Gasteiger partial charge in [-0.05, 0) is 53.8 Å². The van der Waals surface area contributed by atoms with Gasteiger partial charge >= 0.3 is 6.16 Å². The van der Waals surface area contributed by atoms with Gasteiger partial charge < -0.3 is 9.47 Å². The highest BCUT2D eigenvalue weighted by Crippen LogP contribution is 2.36. The van der Waals surface area contributed by atoms with E-state index in [0.717, 1.165) is 34.4 Å². The average molecular weight is 322 g/mol. The van der Waals surface area contributed by atoms with E-state index in [0.29, 0.717) is 12.4 Å². The van der Waals surface area contributed by atoms with Gasteiger partial charge in [0.25, 0.3) is 0 Å². The summed E-state index contributed by atoms with van der Waals surface area (Å²) >= 11 is 0. The van der Waals surface area contributed by atoms with Gasteiger partial charge in [-0.2, -0.15) is 0 Å². The normalized spacial score (nSPS) is 11.0. The first-order valence-electron chi connectivity index (χ1n) is 8.49. The third-order valence-corrected chi connectivity index (χ3v) is 4.30. The summed E-state index contributed by atoms with van der Waals surface area (Å²) in [5.41, 5.74) is 2.47. The van der Waals surface area contributed by atoms with E-state index in [1.54, 1.807) is 6.92 Å². The molecule has 3 heteroatoms. The number of aryl methyl sites for hydroxylation is 2. The van der Waals surface area contributed by atoms with Crippen LogP contribution in [-0.4, -0.2) is 12.8 Å². The zero-order chi connectivity index (χ0) is 17.1. The Balaban J connectivity index is 2.27. The van der Waals surface area contributed by atoms with Gasteiger partial charge in [0.05, 0.1) is 6.61 Å². The fourth-order valence-electron chi connectivity index (χ4n) is 2.96. The van der Waals surface area contributed by atoms with E-state index in [2.05, 4.69) is 50.2 Å². The van der Waals surface area contributed by atoms with Crippen molar-refractivity contribution in [1.82, 2.24) is 0 Å². The molecule has 24 heavy (non-hydrogen) atoms. The van der Waals surface area contributed by atoms with Crippen molar-refractivity contribution in [1.29, 1.82) is 0 Å². The lowest BCUT2D eigenvalue weighted by atomic mass is 9.98. The fourth-order valence-corrected chi connectivity index (χ4v) is 2.96. The predicted octanol–water partition coefficient (Wildman–Crippen LogP) is 5.65. The Morgan fingerprint density at radius 2 is 1.54 bits per heavy atom. The number of fused-ring (bicyclic) bond motifs is 2. The number of hydrogen-bond acceptors (Lipinski definition) is 3. The molecule has 0 radical (unpaired) electrons. The predicted molar refractivity (Wildman–Crippen MR) is 97.9 cm³/mol. The van der Waals surface area contributed by atoms with Crippen LogP contribution >= 0.6 is 0 Å². The molecule has 3 aromatic rings. The van der Waals surface area contributed by atoms with E-state index in [1.165, 1.54) is 11.1 Å². The number of carbonyl (C=O) groups excluding carboxylic acids is 1. The topological polar surface area (TPSA) is 35.5 Å². The number of benzene rings is 3. The van der Waals surface area contributed by atoms with Crippen LogP contribution in [0.4, 0.5) is 4.79 Å². The van der Waals surface area contributed by atoms with E-state index in [9.17, 15) is 4.79 Å². The van der Waals surface area contributed by atoms with Crippen molar-refractivity contribution >= 4 is 27.7 Å². The number of carbonyl (C=O) groups is 1. The highest BCUT2D eigenvalue weighted by Gasteiger charge is 2.14. The van der Waals surface area contributed by atoms with Crippen LogP contribution in [0.25, 0.3) is 21.5 Å². The SMILES string of the molecule is CCOC(=O)Oc1c2ccc(CC)cc2cc2ccc(CC)cc12. The third kappa shape index (κ3) is 3.07. The van der Waals surface area contributed by atoms with Crippen molar-refractivity contribution in [2.24, 2.45) is 0 Å². The second kappa shape index (κ2) is 6.91. The Morgan fingerprint density at radius 1 is 0.833 bits per heavy atom. The van der Waals surface area contributed by atoms with Crippen LogP contribution in [0.15, 0.2) is 42.5 Å². The summed E-state index contributed by atoms with van der Waals surface area (Å²) in [5.74, 6) is 0.582. The molecule has 3 nitrogen and oxygen atoms in total. The monoisotopic (exact) mass is 322 g/mol. The molecule has 0 heterocycles. The molecule has 0 bridgehead atoms. The Hall–Kier alpha value is -2.55. The third-order valence-electron chi connectivity index (χ3n) is 4.30. The summed E-state index contributed by atoms with van der Waals surface area (Å²) in [7, 11) is 0. The second-order valence-corrected chi connectivity index (χ2v) is 5.81. The lowest BCUT2D eigenvalue weighted by Gasteiger charge is -2.13. The molecule has 0 amide bonds. The van der Waals surface area contributed by atoms with E-state index < -0.39 is 6.16 Å². The van der Waals surface area contributed by atoms with Crippen molar-refractivity contribution in [3.05, 3.63) is 53.6 Å². The molecule has 124 valence electrons. The molecule has 0 aliphatic rings. The maximum Gasteiger partial charge on any atom is 0.513 e. The molecule has 3 aromatic carbocycles. The van der Waals surface area contributed by atoms with Gasteiger partial charge in [-0.3, -0.25) is 0 Å². The second-order valence-electron chi connectivity index (χ2n) is 5.81. The molecule has 0 atom stereocenters. The van der Waals surface area contributed by atoms with Crippen molar-refractivity contribution in [2.45, 2.75) is 33.6 Å². The Bertz CT molecular complexity index is 896. The maximum absolute atomic E-state index is 11.9. The zero-order valence-corrected chi connectivity index (χ0v) is 14.4. The molecule has 0 unspecified atom stereocenters. The Kier molecular flexibility index (Phi) is 4.70. The van der Waals surface area contributed by atoms with Crippen molar-refractivity contribution < 1.29 is 14.3 Å². The van der Waals surface area contributed by atoms with Crippen LogP contribution in [-0.2, 0) is 17.6 Å². The minimum absolute atomic E-state index is 0.293. The molecule has 0 N–H and O–H groups in total. The zero-order valence-electron chi connectivity index (χ0n) is 14.4. The van der Waals surface area contributed by atoms with Gasteiger partial charge in [0.15, 0.2) is 0 Å². The molecule has 0 aromatic heterocycles. The van der Waals surface area contributed by atoms with Crippen molar-refractivity contribution in [3.8, 4) is 5.75 Å². The van der Waals surface area contributed by atoms with Crippen molar-refractivity contribution in [2.75, 3.05) is 6.61 Å². The first-order chi connectivity index (χ1) is 11.7. The molecule has 0 saturated carbocycles. The van der Waals surface area contributed by atoms with E-state index in [4.69, 9.17) is 9.47 Å². The largest absolute Gasteiger partial charge is 0.513 e. The quantitative estimate of drug-likeness (QED) is 0.353.